The summed E-state index contributed by atoms with van der Waals surface area (Å²) in [5.74, 6) is 0. The lowest BCUT2D eigenvalue weighted by Gasteiger charge is -2.43. The molecule has 0 aliphatic carbocycles. The summed E-state index contributed by atoms with van der Waals surface area (Å²) in [7, 11) is 2.23. The van der Waals surface area contributed by atoms with Crippen LogP contribution in [0.3, 0.4) is 0 Å². The van der Waals surface area contributed by atoms with Crippen molar-refractivity contribution in [3.8, 4) is 0 Å². The third kappa shape index (κ3) is 3.58. The van der Waals surface area contributed by atoms with Crippen LogP contribution in [0.4, 0.5) is 0 Å². The Morgan fingerprint density at radius 1 is 1.47 bits per heavy atom. The van der Waals surface area contributed by atoms with Gasteiger partial charge < -0.3 is 10.6 Å². The van der Waals surface area contributed by atoms with E-state index < -0.39 is 0 Å². The molecule has 0 radical (unpaired) electrons. The maximum Gasteiger partial charge on any atom is 0.0702 e. The smallest absolute Gasteiger partial charge is 0.0702 e. The Morgan fingerprint density at radius 3 is 2.74 bits per heavy atom. The van der Waals surface area contributed by atoms with Gasteiger partial charge in [-0.1, -0.05) is 6.92 Å². The van der Waals surface area contributed by atoms with Gasteiger partial charge in [0.25, 0.3) is 0 Å². The number of nitrogens with zero attached hydrogens (tertiary/aromatic N) is 2. The third-order valence-corrected chi connectivity index (χ3v) is 5.75. The molecular weight excluding hydrogens is 322 g/mol. The van der Waals surface area contributed by atoms with Crippen LogP contribution in [0.5, 0.6) is 0 Å². The summed E-state index contributed by atoms with van der Waals surface area (Å²) in [6.45, 7) is 7.75. The van der Waals surface area contributed by atoms with Gasteiger partial charge >= 0.3 is 0 Å². The van der Waals surface area contributed by atoms with Gasteiger partial charge in [0.05, 0.1) is 9.83 Å². The first kappa shape index (κ1) is 15.4. The predicted molar refractivity (Wildman–Crippen MR) is 86.7 cm³/mol. The van der Waals surface area contributed by atoms with E-state index in [1.54, 1.807) is 0 Å². The van der Waals surface area contributed by atoms with Gasteiger partial charge in [0.2, 0.25) is 0 Å². The van der Waals surface area contributed by atoms with Gasteiger partial charge in [-0.3, -0.25) is 4.90 Å². The molecule has 19 heavy (non-hydrogen) atoms. The highest BCUT2D eigenvalue weighted by atomic mass is 79.9. The van der Waals surface area contributed by atoms with Crippen molar-refractivity contribution >= 4 is 27.3 Å². The first-order valence-corrected chi connectivity index (χ1v) is 8.59. The lowest BCUT2D eigenvalue weighted by Crippen LogP contribution is -2.54. The Hall–Kier alpha value is 0.0600. The Labute approximate surface area is 128 Å². The largest absolute Gasteiger partial charge is 0.326 e. The van der Waals surface area contributed by atoms with Crippen molar-refractivity contribution in [1.82, 2.24) is 9.80 Å². The number of nitrogens with two attached hydrogens (primary N) is 1. The summed E-state index contributed by atoms with van der Waals surface area (Å²) in [4.78, 5) is 6.41. The second-order valence-electron chi connectivity index (χ2n) is 5.48. The Bertz CT molecular complexity index is 407. The van der Waals surface area contributed by atoms with Gasteiger partial charge in [0.1, 0.15) is 0 Å². The highest BCUT2D eigenvalue weighted by Crippen LogP contribution is 2.33. The fourth-order valence-electron chi connectivity index (χ4n) is 2.92. The van der Waals surface area contributed by atoms with E-state index >= 15 is 0 Å². The number of rotatable bonds is 4. The Morgan fingerprint density at radius 2 is 2.21 bits per heavy atom. The van der Waals surface area contributed by atoms with E-state index in [9.17, 15) is 0 Å². The summed E-state index contributed by atoms with van der Waals surface area (Å²) in [6.07, 6.45) is 1.20. The zero-order valence-corrected chi connectivity index (χ0v) is 14.4. The second kappa shape index (κ2) is 6.68. The van der Waals surface area contributed by atoms with E-state index in [0.29, 0.717) is 12.1 Å². The maximum absolute atomic E-state index is 6.27. The van der Waals surface area contributed by atoms with Crippen LogP contribution in [0.1, 0.15) is 31.2 Å². The monoisotopic (exact) mass is 345 g/mol. The van der Waals surface area contributed by atoms with Crippen LogP contribution in [0, 0.1) is 0 Å². The van der Waals surface area contributed by atoms with Crippen LogP contribution in [0.25, 0.3) is 0 Å². The molecule has 1 aliphatic rings. The van der Waals surface area contributed by atoms with Crippen molar-refractivity contribution in [2.45, 2.75) is 38.4 Å². The van der Waals surface area contributed by atoms with Gasteiger partial charge in [-0.05, 0) is 48.5 Å². The standard InChI is InChI=1S/C14H24BrN3S/c1-4-11-9-18(8-7-17(11)3)14(10(2)16)12-5-6-13(15)19-12/h5-6,10-11,14H,4,7-9,16H2,1-3H3. The molecule has 1 fully saturated rings. The predicted octanol–water partition coefficient (Wildman–Crippen LogP) is 2.92. The van der Waals surface area contributed by atoms with Crippen molar-refractivity contribution in [2.75, 3.05) is 26.7 Å². The number of hydrogen-bond donors (Lipinski definition) is 1. The first-order chi connectivity index (χ1) is 9.02. The van der Waals surface area contributed by atoms with E-state index in [4.69, 9.17) is 5.73 Å². The molecule has 2 heterocycles. The summed E-state index contributed by atoms with van der Waals surface area (Å²) >= 11 is 5.37. The van der Waals surface area contributed by atoms with Crippen LogP contribution < -0.4 is 5.73 Å². The molecule has 3 atom stereocenters. The fraction of sp³-hybridized carbons (Fsp3) is 0.714. The molecule has 1 saturated heterocycles. The maximum atomic E-state index is 6.27. The van der Waals surface area contributed by atoms with E-state index in [0.717, 1.165) is 19.6 Å². The average molecular weight is 346 g/mol. The number of likely N-dealkylation sites (N-methyl/N-ethyl adjacent to an activating group) is 1. The molecule has 0 aromatic carbocycles. The topological polar surface area (TPSA) is 32.5 Å². The summed E-state index contributed by atoms with van der Waals surface area (Å²) in [5, 5.41) is 0. The zero-order valence-electron chi connectivity index (χ0n) is 12.0. The molecule has 1 aliphatic heterocycles. The van der Waals surface area contributed by atoms with Crippen LogP contribution in [-0.4, -0.2) is 48.6 Å². The van der Waals surface area contributed by atoms with E-state index in [1.807, 2.05) is 11.3 Å². The lowest BCUT2D eigenvalue weighted by atomic mass is 10.0. The minimum atomic E-state index is 0.159. The van der Waals surface area contributed by atoms with Crippen molar-refractivity contribution < 1.29 is 0 Å². The fourth-order valence-corrected chi connectivity index (χ4v) is 4.60. The zero-order chi connectivity index (χ0) is 14.0. The second-order valence-corrected chi connectivity index (χ2v) is 7.98. The average Bonchev–Trinajstić information content (AvgIpc) is 2.77. The lowest BCUT2D eigenvalue weighted by molar-refractivity contribution is 0.0561. The van der Waals surface area contributed by atoms with Crippen LogP contribution in [0.2, 0.25) is 0 Å². The molecule has 2 rings (SSSR count). The highest BCUT2D eigenvalue weighted by molar-refractivity contribution is 9.11. The molecule has 2 N–H and O–H groups in total. The SMILES string of the molecule is CCC1CN(C(c2ccc(Br)s2)C(C)N)CCN1C. The molecule has 5 heteroatoms. The number of hydrogen-bond acceptors (Lipinski definition) is 4. The van der Waals surface area contributed by atoms with Crippen molar-refractivity contribution in [3.05, 3.63) is 20.8 Å². The molecule has 1 aromatic heterocycles. The minimum absolute atomic E-state index is 0.159. The van der Waals surface area contributed by atoms with Gasteiger partial charge in [-0.25, -0.2) is 0 Å². The van der Waals surface area contributed by atoms with Crippen molar-refractivity contribution in [3.63, 3.8) is 0 Å². The molecule has 3 unspecified atom stereocenters. The first-order valence-electron chi connectivity index (χ1n) is 6.98. The molecule has 0 bridgehead atoms. The van der Waals surface area contributed by atoms with Crippen LogP contribution in [0.15, 0.2) is 15.9 Å². The molecule has 0 spiro atoms. The highest BCUT2D eigenvalue weighted by Gasteiger charge is 2.31. The molecule has 3 nitrogen and oxygen atoms in total. The molecule has 0 saturated carbocycles. The Balaban J connectivity index is 2.16. The van der Waals surface area contributed by atoms with Gasteiger partial charge in [0.15, 0.2) is 0 Å². The van der Waals surface area contributed by atoms with Crippen LogP contribution >= 0.6 is 27.3 Å². The van der Waals surface area contributed by atoms with Crippen LogP contribution in [-0.2, 0) is 0 Å². The van der Waals surface area contributed by atoms with E-state index in [1.165, 1.54) is 15.1 Å². The Kier molecular flexibility index (Phi) is 5.43. The quantitative estimate of drug-likeness (QED) is 0.910. The third-order valence-electron chi connectivity index (χ3n) is 4.06. The summed E-state index contributed by atoms with van der Waals surface area (Å²) in [6, 6.07) is 5.49. The van der Waals surface area contributed by atoms with Gasteiger partial charge in [-0.15, -0.1) is 11.3 Å². The van der Waals surface area contributed by atoms with E-state index in [2.05, 4.69) is 58.8 Å². The summed E-state index contributed by atoms with van der Waals surface area (Å²) < 4.78 is 1.19. The van der Waals surface area contributed by atoms with Gasteiger partial charge in [0, 0.05) is 36.6 Å². The minimum Gasteiger partial charge on any atom is -0.326 e. The van der Waals surface area contributed by atoms with Crippen molar-refractivity contribution in [1.29, 1.82) is 0 Å². The van der Waals surface area contributed by atoms with E-state index in [-0.39, 0.29) is 6.04 Å². The molecule has 108 valence electrons. The molecule has 0 amide bonds. The molecular formula is C14H24BrN3S. The summed E-state index contributed by atoms with van der Waals surface area (Å²) in [5.41, 5.74) is 6.27. The number of thiophene rings is 1. The number of piperazine rings is 1. The number of halogens is 1. The van der Waals surface area contributed by atoms with Gasteiger partial charge in [-0.2, -0.15) is 0 Å². The van der Waals surface area contributed by atoms with Crippen molar-refractivity contribution in [2.24, 2.45) is 5.73 Å². The normalized spacial score (nSPS) is 25.4. The molecule has 1 aromatic rings.